The third-order valence-corrected chi connectivity index (χ3v) is 6.42. The average Bonchev–Trinajstić information content (AvgIpc) is 3.30. The van der Waals surface area contributed by atoms with Crippen LogP contribution in [0.2, 0.25) is 5.02 Å². The minimum absolute atomic E-state index is 0.0224. The lowest BCUT2D eigenvalue weighted by Crippen LogP contribution is -2.45. The van der Waals surface area contributed by atoms with Crippen LogP contribution >= 0.6 is 11.6 Å². The number of pyridine rings is 1. The summed E-state index contributed by atoms with van der Waals surface area (Å²) in [7, 11) is 0. The lowest BCUT2D eigenvalue weighted by molar-refractivity contribution is -0.120. The molecule has 0 saturated carbocycles. The highest BCUT2D eigenvalue weighted by Crippen LogP contribution is 2.27. The second-order valence-corrected chi connectivity index (χ2v) is 9.28. The molecule has 36 heavy (non-hydrogen) atoms. The van der Waals surface area contributed by atoms with E-state index < -0.39 is 23.8 Å². The number of benzene rings is 1. The third kappa shape index (κ3) is 6.11. The van der Waals surface area contributed by atoms with Crippen molar-refractivity contribution in [2.75, 3.05) is 35.2 Å². The highest BCUT2D eigenvalue weighted by atomic mass is 35.5. The number of ether oxygens (including phenoxy) is 1. The maximum Gasteiger partial charge on any atom is 0.323 e. The minimum atomic E-state index is -0.873. The predicted molar refractivity (Wildman–Crippen MR) is 135 cm³/mol. The molecule has 2 aliphatic rings. The normalized spacial score (nSPS) is 19.9. The zero-order chi connectivity index (χ0) is 25.7. The zero-order valence-electron chi connectivity index (χ0n) is 20.0. The summed E-state index contributed by atoms with van der Waals surface area (Å²) in [6.07, 6.45) is 4.27. The fraction of sp³-hybridized carbons (Fsp3) is 0.440. The molecule has 4 amide bonds. The van der Waals surface area contributed by atoms with Gasteiger partial charge in [-0.2, -0.15) is 0 Å². The van der Waals surface area contributed by atoms with Crippen LogP contribution < -0.4 is 15.5 Å². The number of nitrogens with zero attached hydrogens (tertiary/aromatic N) is 3. The van der Waals surface area contributed by atoms with E-state index in [1.54, 1.807) is 23.1 Å². The van der Waals surface area contributed by atoms with Crippen molar-refractivity contribution in [3.63, 3.8) is 0 Å². The van der Waals surface area contributed by atoms with Crippen molar-refractivity contribution in [2.24, 2.45) is 0 Å². The molecule has 0 bridgehead atoms. The Labute approximate surface area is 213 Å². The number of hydrogen-bond donors (Lipinski definition) is 2. The van der Waals surface area contributed by atoms with Gasteiger partial charge in [0.05, 0.1) is 16.8 Å². The van der Waals surface area contributed by atoms with Crippen LogP contribution in [0.4, 0.5) is 26.4 Å². The van der Waals surface area contributed by atoms with Gasteiger partial charge in [0.25, 0.3) is 0 Å². The van der Waals surface area contributed by atoms with Crippen molar-refractivity contribution in [1.82, 2.24) is 9.88 Å². The average molecular weight is 518 g/mol. The lowest BCUT2D eigenvalue weighted by Gasteiger charge is -2.27. The SMILES string of the molecule is CCCO[C@@H]1C[C@H](C(=O)Nc2ccc(N3CCCCC3=O)cc2F)N(C(=O)Nc2ccc(Cl)cn2)C1. The van der Waals surface area contributed by atoms with Gasteiger partial charge in [-0.1, -0.05) is 18.5 Å². The standard InChI is InChI=1S/C25H29ClFN5O4/c1-2-11-36-18-13-21(32(15-18)25(35)30-22-9-6-16(26)14-28-22)24(34)29-20-8-7-17(12-19(20)27)31-10-4-3-5-23(31)33/h6-9,12,14,18,21H,2-5,10-11,13,15H2,1H3,(H,29,34)(H,28,30,35)/t18-,21-/m1/s1. The number of amides is 4. The molecule has 2 fully saturated rings. The van der Waals surface area contributed by atoms with E-state index in [9.17, 15) is 18.8 Å². The molecule has 1 aromatic heterocycles. The van der Waals surface area contributed by atoms with Gasteiger partial charge < -0.3 is 19.9 Å². The fourth-order valence-electron chi connectivity index (χ4n) is 4.38. The first-order valence-electron chi connectivity index (χ1n) is 12.1. The Hall–Kier alpha value is -3.24. The second kappa shape index (κ2) is 11.7. The number of rotatable bonds is 7. The molecular weight excluding hydrogens is 489 g/mol. The van der Waals surface area contributed by atoms with Crippen molar-refractivity contribution >= 4 is 46.6 Å². The first-order valence-corrected chi connectivity index (χ1v) is 12.4. The summed E-state index contributed by atoms with van der Waals surface area (Å²) < 4.78 is 20.7. The third-order valence-electron chi connectivity index (χ3n) is 6.19. The van der Waals surface area contributed by atoms with Gasteiger partial charge in [0.2, 0.25) is 11.8 Å². The number of nitrogens with one attached hydrogen (secondary N) is 2. The van der Waals surface area contributed by atoms with Gasteiger partial charge in [0, 0.05) is 44.4 Å². The molecule has 1 aromatic carbocycles. The number of urea groups is 1. The van der Waals surface area contributed by atoms with E-state index in [-0.39, 0.29) is 36.5 Å². The predicted octanol–water partition coefficient (Wildman–Crippen LogP) is 4.43. The van der Waals surface area contributed by atoms with Crippen LogP contribution in [0.1, 0.15) is 39.0 Å². The molecule has 192 valence electrons. The van der Waals surface area contributed by atoms with Crippen LogP contribution in [0.3, 0.4) is 0 Å². The monoisotopic (exact) mass is 517 g/mol. The Morgan fingerprint density at radius 2 is 2.06 bits per heavy atom. The first-order chi connectivity index (χ1) is 17.4. The van der Waals surface area contributed by atoms with Gasteiger partial charge in [-0.3, -0.25) is 14.9 Å². The number of aromatic nitrogens is 1. The maximum absolute atomic E-state index is 14.9. The number of anilines is 3. The minimum Gasteiger partial charge on any atom is -0.376 e. The van der Waals surface area contributed by atoms with E-state index in [1.807, 2.05) is 6.92 Å². The van der Waals surface area contributed by atoms with Crippen molar-refractivity contribution in [3.05, 3.63) is 47.4 Å². The van der Waals surface area contributed by atoms with E-state index in [2.05, 4.69) is 15.6 Å². The summed E-state index contributed by atoms with van der Waals surface area (Å²) in [6, 6.07) is 6.05. The first kappa shape index (κ1) is 25.8. The number of hydrogen-bond acceptors (Lipinski definition) is 5. The Morgan fingerprint density at radius 3 is 2.75 bits per heavy atom. The van der Waals surface area contributed by atoms with Crippen LogP contribution in [0.25, 0.3) is 0 Å². The molecule has 0 spiro atoms. The number of carbonyl (C=O) groups excluding carboxylic acids is 3. The summed E-state index contributed by atoms with van der Waals surface area (Å²) in [5.41, 5.74) is 0.437. The zero-order valence-corrected chi connectivity index (χ0v) is 20.8. The van der Waals surface area contributed by atoms with E-state index in [0.717, 1.165) is 19.3 Å². The summed E-state index contributed by atoms with van der Waals surface area (Å²) in [6.45, 7) is 3.21. The van der Waals surface area contributed by atoms with Crippen LogP contribution in [-0.2, 0) is 14.3 Å². The van der Waals surface area contributed by atoms with Crippen molar-refractivity contribution in [3.8, 4) is 0 Å². The summed E-state index contributed by atoms with van der Waals surface area (Å²) in [4.78, 5) is 45.3. The van der Waals surface area contributed by atoms with E-state index >= 15 is 0 Å². The van der Waals surface area contributed by atoms with E-state index in [0.29, 0.717) is 30.3 Å². The molecule has 2 aromatic rings. The topological polar surface area (TPSA) is 104 Å². The number of likely N-dealkylation sites (tertiary alicyclic amines) is 1. The molecule has 2 saturated heterocycles. The van der Waals surface area contributed by atoms with Crippen LogP contribution in [0.5, 0.6) is 0 Å². The Balaban J connectivity index is 1.47. The molecule has 0 radical (unpaired) electrons. The van der Waals surface area contributed by atoms with E-state index in [1.165, 1.54) is 23.2 Å². The van der Waals surface area contributed by atoms with Gasteiger partial charge in [-0.05, 0) is 49.6 Å². The second-order valence-electron chi connectivity index (χ2n) is 8.84. The number of halogens is 2. The molecule has 4 rings (SSSR count). The molecular formula is C25H29ClFN5O4. The lowest BCUT2D eigenvalue weighted by atomic mass is 10.1. The quantitative estimate of drug-likeness (QED) is 0.565. The van der Waals surface area contributed by atoms with Gasteiger partial charge in [-0.15, -0.1) is 0 Å². The summed E-state index contributed by atoms with van der Waals surface area (Å²) in [5.74, 6) is -0.941. The number of carbonyl (C=O) groups is 3. The van der Waals surface area contributed by atoms with Crippen LogP contribution in [0.15, 0.2) is 36.5 Å². The molecule has 11 heteroatoms. The van der Waals surface area contributed by atoms with Crippen LogP contribution in [-0.4, -0.2) is 59.6 Å². The van der Waals surface area contributed by atoms with E-state index in [4.69, 9.17) is 16.3 Å². The summed E-state index contributed by atoms with van der Waals surface area (Å²) >= 11 is 5.85. The molecule has 2 N–H and O–H groups in total. The number of piperidine rings is 1. The Morgan fingerprint density at radius 1 is 1.22 bits per heavy atom. The van der Waals surface area contributed by atoms with Gasteiger partial charge in [-0.25, -0.2) is 14.2 Å². The Bertz CT molecular complexity index is 1120. The smallest absolute Gasteiger partial charge is 0.323 e. The Kier molecular flexibility index (Phi) is 8.37. The molecule has 0 unspecified atom stereocenters. The molecule has 2 atom stereocenters. The fourth-order valence-corrected chi connectivity index (χ4v) is 4.49. The van der Waals surface area contributed by atoms with Crippen molar-refractivity contribution in [1.29, 1.82) is 0 Å². The van der Waals surface area contributed by atoms with Crippen molar-refractivity contribution < 1.29 is 23.5 Å². The molecule has 0 aliphatic carbocycles. The molecule has 9 nitrogen and oxygen atoms in total. The largest absolute Gasteiger partial charge is 0.376 e. The van der Waals surface area contributed by atoms with Gasteiger partial charge >= 0.3 is 6.03 Å². The highest BCUT2D eigenvalue weighted by molar-refractivity contribution is 6.30. The molecule has 3 heterocycles. The van der Waals surface area contributed by atoms with Crippen LogP contribution in [0, 0.1) is 5.82 Å². The molecule has 2 aliphatic heterocycles. The van der Waals surface area contributed by atoms with Gasteiger partial charge in [0.15, 0.2) is 0 Å². The highest BCUT2D eigenvalue weighted by Gasteiger charge is 2.40. The summed E-state index contributed by atoms with van der Waals surface area (Å²) in [5, 5.41) is 5.69. The van der Waals surface area contributed by atoms with Crippen molar-refractivity contribution in [2.45, 2.75) is 51.2 Å². The maximum atomic E-state index is 14.9. The van der Waals surface area contributed by atoms with Gasteiger partial charge in [0.1, 0.15) is 17.7 Å².